The van der Waals surface area contributed by atoms with E-state index < -0.39 is 0 Å². The van der Waals surface area contributed by atoms with Crippen LogP contribution >= 0.6 is 11.8 Å². The monoisotopic (exact) mass is 316 g/mol. The highest BCUT2D eigenvalue weighted by Crippen LogP contribution is 2.25. The van der Waals surface area contributed by atoms with Crippen molar-refractivity contribution in [2.24, 2.45) is 5.92 Å². The molecule has 1 aliphatic rings. The zero-order valence-corrected chi connectivity index (χ0v) is 13.7. The van der Waals surface area contributed by atoms with E-state index in [2.05, 4.69) is 18.8 Å². The molecule has 1 atom stereocenters. The van der Waals surface area contributed by atoms with Gasteiger partial charge in [-0.1, -0.05) is 26.0 Å². The fourth-order valence-electron chi connectivity index (χ4n) is 2.76. The van der Waals surface area contributed by atoms with E-state index in [9.17, 15) is 9.59 Å². The highest BCUT2D eigenvalue weighted by atomic mass is 32.2. The van der Waals surface area contributed by atoms with E-state index in [1.807, 2.05) is 34.9 Å². The number of carbonyl (C=O) groups is 1. The number of pyridine rings is 1. The fourth-order valence-corrected chi connectivity index (χ4v) is 4.06. The highest BCUT2D eigenvalue weighted by molar-refractivity contribution is 8.00. The Bertz CT molecular complexity index is 754. The van der Waals surface area contributed by atoms with Gasteiger partial charge in [-0.3, -0.25) is 9.59 Å². The molecule has 3 rings (SSSR count). The maximum Gasteiger partial charge on any atom is 0.259 e. The molecule has 0 radical (unpaired) electrons. The Morgan fingerprint density at radius 2 is 2.14 bits per heavy atom. The average Bonchev–Trinajstić information content (AvgIpc) is 2.55. The lowest BCUT2D eigenvalue weighted by Gasteiger charge is -2.34. The topological polar surface area (TPSA) is 53.2 Å². The van der Waals surface area contributed by atoms with Crippen LogP contribution < -0.4 is 5.43 Å². The van der Waals surface area contributed by atoms with Gasteiger partial charge >= 0.3 is 0 Å². The van der Waals surface area contributed by atoms with Crippen LogP contribution in [-0.2, 0) is 0 Å². The number of nitrogens with one attached hydrogen (secondary N) is 1. The number of nitrogens with zero attached hydrogens (tertiary/aromatic N) is 1. The summed E-state index contributed by atoms with van der Waals surface area (Å²) in [6, 6.07) is 7.29. The number of para-hydroxylation sites is 1. The fraction of sp³-hybridized carbons (Fsp3) is 0.412. The van der Waals surface area contributed by atoms with E-state index in [4.69, 9.17) is 0 Å². The second-order valence-corrected chi connectivity index (χ2v) is 7.33. The number of benzene rings is 1. The van der Waals surface area contributed by atoms with Crippen LogP contribution in [0.3, 0.4) is 0 Å². The molecular formula is C17H20N2O2S. The second-order valence-electron chi connectivity index (χ2n) is 5.98. The molecule has 1 fully saturated rings. The molecule has 0 aliphatic carbocycles. The van der Waals surface area contributed by atoms with E-state index in [0.29, 0.717) is 29.6 Å². The van der Waals surface area contributed by atoms with Crippen LogP contribution in [0, 0.1) is 5.92 Å². The number of aromatic nitrogens is 1. The van der Waals surface area contributed by atoms with Crippen molar-refractivity contribution < 1.29 is 4.79 Å². The molecule has 4 nitrogen and oxygen atoms in total. The Balaban J connectivity index is 1.92. The van der Waals surface area contributed by atoms with E-state index in [0.717, 1.165) is 11.3 Å². The summed E-state index contributed by atoms with van der Waals surface area (Å²) in [6.07, 6.45) is 1.55. The molecule has 1 aromatic carbocycles. The Labute approximate surface area is 133 Å². The molecule has 2 heterocycles. The van der Waals surface area contributed by atoms with Gasteiger partial charge in [0.1, 0.15) is 5.56 Å². The minimum atomic E-state index is -0.182. The lowest BCUT2D eigenvalue weighted by molar-refractivity contribution is 0.0754. The second kappa shape index (κ2) is 6.16. The van der Waals surface area contributed by atoms with Crippen LogP contribution in [0.4, 0.5) is 0 Å². The number of thioether (sulfide) groups is 1. The van der Waals surface area contributed by atoms with Gasteiger partial charge in [-0.05, 0) is 18.1 Å². The molecular weight excluding hydrogens is 296 g/mol. The summed E-state index contributed by atoms with van der Waals surface area (Å²) < 4.78 is 0. The molecule has 1 amide bonds. The predicted molar refractivity (Wildman–Crippen MR) is 91.6 cm³/mol. The van der Waals surface area contributed by atoms with Gasteiger partial charge in [0.25, 0.3) is 5.91 Å². The zero-order chi connectivity index (χ0) is 15.7. The summed E-state index contributed by atoms with van der Waals surface area (Å²) in [5.74, 6) is 1.30. The van der Waals surface area contributed by atoms with Gasteiger partial charge in [0.15, 0.2) is 0 Å². The number of hydrogen-bond acceptors (Lipinski definition) is 3. The first kappa shape index (κ1) is 15.2. The van der Waals surface area contributed by atoms with E-state index >= 15 is 0 Å². The molecule has 5 heteroatoms. The summed E-state index contributed by atoms with van der Waals surface area (Å²) in [6.45, 7) is 5.77. The predicted octanol–water partition coefficient (Wildman–Crippen LogP) is 2.74. The number of amides is 1. The van der Waals surface area contributed by atoms with Gasteiger partial charge in [-0.15, -0.1) is 0 Å². The number of hydrogen-bond donors (Lipinski definition) is 1. The van der Waals surface area contributed by atoms with Crippen molar-refractivity contribution in [2.45, 2.75) is 19.1 Å². The van der Waals surface area contributed by atoms with Crippen molar-refractivity contribution in [3.63, 3.8) is 0 Å². The maximum atomic E-state index is 12.7. The van der Waals surface area contributed by atoms with Crippen LogP contribution in [0.5, 0.6) is 0 Å². The van der Waals surface area contributed by atoms with Gasteiger partial charge < -0.3 is 9.88 Å². The van der Waals surface area contributed by atoms with Gasteiger partial charge in [0.2, 0.25) is 5.43 Å². The summed E-state index contributed by atoms with van der Waals surface area (Å²) >= 11 is 1.91. The SMILES string of the molecule is CC(C)C1CN(C(=O)c2c[nH]c3ccccc3c2=O)CCS1. The smallest absolute Gasteiger partial charge is 0.259 e. The normalized spacial score (nSPS) is 18.9. The van der Waals surface area contributed by atoms with Crippen LogP contribution in [-0.4, -0.2) is 39.9 Å². The minimum Gasteiger partial charge on any atom is -0.360 e. The Kier molecular flexibility index (Phi) is 4.25. The van der Waals surface area contributed by atoms with Crippen molar-refractivity contribution >= 4 is 28.6 Å². The van der Waals surface area contributed by atoms with Gasteiger partial charge in [-0.2, -0.15) is 11.8 Å². The summed E-state index contributed by atoms with van der Waals surface area (Å²) in [5, 5.41) is 1.01. The molecule has 2 aromatic rings. The largest absolute Gasteiger partial charge is 0.360 e. The number of H-pyrrole nitrogens is 1. The number of aromatic amines is 1. The van der Waals surface area contributed by atoms with Crippen molar-refractivity contribution in [1.29, 1.82) is 0 Å². The number of carbonyl (C=O) groups excluding carboxylic acids is 1. The van der Waals surface area contributed by atoms with E-state index in [-0.39, 0.29) is 16.9 Å². The standard InChI is InChI=1S/C17H20N2O2S/c1-11(2)15-10-19(7-8-22-15)17(21)13-9-18-14-6-4-3-5-12(14)16(13)20/h3-6,9,11,15H,7-8,10H2,1-2H3,(H,18,20). The van der Waals surface area contributed by atoms with E-state index in [1.54, 1.807) is 12.3 Å². The highest BCUT2D eigenvalue weighted by Gasteiger charge is 2.28. The third-order valence-corrected chi connectivity index (χ3v) is 5.68. The third-order valence-electron chi connectivity index (χ3n) is 4.14. The minimum absolute atomic E-state index is 0.155. The van der Waals surface area contributed by atoms with Gasteiger partial charge in [-0.25, -0.2) is 0 Å². The molecule has 1 N–H and O–H groups in total. The molecule has 116 valence electrons. The lowest BCUT2D eigenvalue weighted by Crippen LogP contribution is -2.44. The Hall–Kier alpha value is -1.75. The van der Waals surface area contributed by atoms with E-state index in [1.165, 1.54) is 0 Å². The summed E-state index contributed by atoms with van der Waals surface area (Å²) in [4.78, 5) is 30.2. The van der Waals surface area contributed by atoms with Crippen molar-refractivity contribution in [2.75, 3.05) is 18.8 Å². The summed E-state index contributed by atoms with van der Waals surface area (Å²) in [5.41, 5.74) is 0.824. The van der Waals surface area contributed by atoms with Crippen LogP contribution in [0.25, 0.3) is 10.9 Å². The van der Waals surface area contributed by atoms with Gasteiger partial charge in [0, 0.05) is 41.2 Å². The quantitative estimate of drug-likeness (QED) is 0.927. The number of rotatable bonds is 2. The maximum absolute atomic E-state index is 12.7. The first-order chi connectivity index (χ1) is 10.6. The van der Waals surface area contributed by atoms with Crippen LogP contribution in [0.1, 0.15) is 24.2 Å². The van der Waals surface area contributed by atoms with Crippen LogP contribution in [0.2, 0.25) is 0 Å². The van der Waals surface area contributed by atoms with Crippen molar-refractivity contribution in [1.82, 2.24) is 9.88 Å². The van der Waals surface area contributed by atoms with Crippen molar-refractivity contribution in [3.8, 4) is 0 Å². The summed E-state index contributed by atoms with van der Waals surface area (Å²) in [7, 11) is 0. The van der Waals surface area contributed by atoms with Crippen molar-refractivity contribution in [3.05, 3.63) is 46.2 Å². The average molecular weight is 316 g/mol. The molecule has 1 aromatic heterocycles. The molecule has 1 aliphatic heterocycles. The molecule has 1 unspecified atom stereocenters. The first-order valence-electron chi connectivity index (χ1n) is 7.59. The Morgan fingerprint density at radius 3 is 2.91 bits per heavy atom. The number of fused-ring (bicyclic) bond motifs is 1. The molecule has 0 saturated carbocycles. The van der Waals surface area contributed by atoms with Crippen LogP contribution in [0.15, 0.2) is 35.3 Å². The van der Waals surface area contributed by atoms with Gasteiger partial charge in [0.05, 0.1) is 0 Å². The zero-order valence-electron chi connectivity index (χ0n) is 12.8. The first-order valence-corrected chi connectivity index (χ1v) is 8.64. The molecule has 0 bridgehead atoms. The molecule has 1 saturated heterocycles. The Morgan fingerprint density at radius 1 is 1.36 bits per heavy atom. The molecule has 0 spiro atoms. The third kappa shape index (κ3) is 2.77. The lowest BCUT2D eigenvalue weighted by atomic mass is 10.1. The molecule has 22 heavy (non-hydrogen) atoms.